The third kappa shape index (κ3) is 4.78. The number of carbonyl (C=O) groups excluding carboxylic acids is 2. The zero-order valence-electron chi connectivity index (χ0n) is 18.6. The first-order valence-corrected chi connectivity index (χ1v) is 11.1. The Kier molecular flexibility index (Phi) is 6.74. The van der Waals surface area contributed by atoms with E-state index in [0.29, 0.717) is 48.6 Å². The number of hydrogen-bond donors (Lipinski definition) is 1. The molecule has 2 aromatic rings. The molecule has 0 radical (unpaired) electrons. The first-order valence-electron chi connectivity index (χ1n) is 11.1. The standard InChI is InChI=1S/C25H30FN3O3/c1-28-16-18(24(30)27-20-9-7-19(26)8-10-20)15-22(28)17-11-13-29(14-12-17)25(31)21-5-3-4-6-23(21)32-2/h3-10,17-18,22H,11-16H2,1-2H3,(H,27,30). The van der Waals surface area contributed by atoms with Gasteiger partial charge in [-0.15, -0.1) is 0 Å². The summed E-state index contributed by atoms with van der Waals surface area (Å²) in [7, 11) is 3.65. The third-order valence-electron chi connectivity index (χ3n) is 6.79. The van der Waals surface area contributed by atoms with Crippen LogP contribution in [-0.4, -0.2) is 61.4 Å². The second-order valence-corrected chi connectivity index (χ2v) is 8.77. The largest absolute Gasteiger partial charge is 0.496 e. The first kappa shape index (κ1) is 22.3. The maximum atomic E-state index is 13.1. The van der Waals surface area contributed by atoms with Crippen LogP contribution in [0, 0.1) is 17.7 Å². The molecule has 2 saturated heterocycles. The number of hydrogen-bond acceptors (Lipinski definition) is 4. The van der Waals surface area contributed by atoms with Gasteiger partial charge >= 0.3 is 0 Å². The Morgan fingerprint density at radius 2 is 1.75 bits per heavy atom. The molecular weight excluding hydrogens is 409 g/mol. The number of halogens is 1. The van der Waals surface area contributed by atoms with Crippen LogP contribution in [0.2, 0.25) is 0 Å². The van der Waals surface area contributed by atoms with Crippen molar-refractivity contribution in [2.24, 2.45) is 11.8 Å². The van der Waals surface area contributed by atoms with Crippen molar-refractivity contribution >= 4 is 17.5 Å². The van der Waals surface area contributed by atoms with Crippen LogP contribution in [0.1, 0.15) is 29.6 Å². The number of ether oxygens (including phenoxy) is 1. The molecule has 7 heteroatoms. The van der Waals surface area contributed by atoms with Gasteiger partial charge in [0, 0.05) is 31.4 Å². The number of nitrogens with one attached hydrogen (secondary N) is 1. The fourth-order valence-electron chi connectivity index (χ4n) is 5.03. The number of benzene rings is 2. The molecule has 32 heavy (non-hydrogen) atoms. The number of methoxy groups -OCH3 is 1. The van der Waals surface area contributed by atoms with Crippen molar-refractivity contribution in [2.45, 2.75) is 25.3 Å². The minimum Gasteiger partial charge on any atom is -0.496 e. The van der Waals surface area contributed by atoms with E-state index in [2.05, 4.69) is 17.3 Å². The number of anilines is 1. The molecule has 170 valence electrons. The lowest BCUT2D eigenvalue weighted by atomic mass is 9.86. The zero-order valence-corrected chi connectivity index (χ0v) is 18.6. The molecule has 0 saturated carbocycles. The molecule has 2 heterocycles. The Hall–Kier alpha value is -2.93. The molecule has 4 rings (SSSR count). The van der Waals surface area contributed by atoms with Crippen LogP contribution in [0.25, 0.3) is 0 Å². The fourth-order valence-corrected chi connectivity index (χ4v) is 5.03. The van der Waals surface area contributed by atoms with E-state index < -0.39 is 0 Å². The predicted octanol–water partition coefficient (Wildman–Crippen LogP) is 3.65. The molecule has 2 amide bonds. The number of likely N-dealkylation sites (tertiary alicyclic amines) is 2. The summed E-state index contributed by atoms with van der Waals surface area (Å²) in [5, 5.41) is 2.91. The molecule has 0 spiro atoms. The highest BCUT2D eigenvalue weighted by atomic mass is 19.1. The quantitative estimate of drug-likeness (QED) is 0.773. The number of nitrogens with zero attached hydrogens (tertiary/aromatic N) is 2. The molecule has 2 fully saturated rings. The molecule has 0 aliphatic carbocycles. The van der Waals surface area contributed by atoms with E-state index in [9.17, 15) is 14.0 Å². The van der Waals surface area contributed by atoms with Gasteiger partial charge in [0.05, 0.1) is 18.6 Å². The van der Waals surface area contributed by atoms with Crippen molar-refractivity contribution in [1.29, 1.82) is 0 Å². The molecule has 0 bridgehead atoms. The maximum Gasteiger partial charge on any atom is 0.257 e. The van der Waals surface area contributed by atoms with Crippen LogP contribution in [0.5, 0.6) is 5.75 Å². The molecule has 0 aromatic heterocycles. The van der Waals surface area contributed by atoms with Crippen molar-refractivity contribution in [3.05, 3.63) is 59.9 Å². The summed E-state index contributed by atoms with van der Waals surface area (Å²) in [4.78, 5) is 29.9. The van der Waals surface area contributed by atoms with Crippen LogP contribution in [0.4, 0.5) is 10.1 Å². The van der Waals surface area contributed by atoms with Crippen LogP contribution >= 0.6 is 0 Å². The molecular formula is C25H30FN3O3. The molecule has 1 N–H and O–H groups in total. The van der Waals surface area contributed by atoms with Gasteiger partial charge in [0.25, 0.3) is 5.91 Å². The van der Waals surface area contributed by atoms with Gasteiger partial charge in [-0.3, -0.25) is 9.59 Å². The van der Waals surface area contributed by atoms with E-state index >= 15 is 0 Å². The van der Waals surface area contributed by atoms with Crippen molar-refractivity contribution in [1.82, 2.24) is 9.80 Å². The van der Waals surface area contributed by atoms with Crippen LogP contribution < -0.4 is 10.1 Å². The highest BCUT2D eigenvalue weighted by Crippen LogP contribution is 2.34. The van der Waals surface area contributed by atoms with E-state index in [1.807, 2.05) is 29.2 Å². The van der Waals surface area contributed by atoms with Crippen molar-refractivity contribution in [3.63, 3.8) is 0 Å². The Morgan fingerprint density at radius 3 is 2.44 bits per heavy atom. The van der Waals surface area contributed by atoms with Gasteiger partial charge < -0.3 is 19.9 Å². The van der Waals surface area contributed by atoms with Crippen molar-refractivity contribution in [2.75, 3.05) is 39.1 Å². The first-order chi connectivity index (χ1) is 15.5. The van der Waals surface area contributed by atoms with Gasteiger partial charge in [-0.2, -0.15) is 0 Å². The van der Waals surface area contributed by atoms with Crippen molar-refractivity contribution in [3.8, 4) is 5.75 Å². The number of rotatable bonds is 5. The SMILES string of the molecule is COc1ccccc1C(=O)N1CCC(C2CC(C(=O)Nc3ccc(F)cc3)CN2C)CC1. The summed E-state index contributed by atoms with van der Waals surface area (Å²) < 4.78 is 18.4. The van der Waals surface area contributed by atoms with E-state index in [0.717, 1.165) is 19.3 Å². The second kappa shape index (κ2) is 9.69. The second-order valence-electron chi connectivity index (χ2n) is 8.77. The lowest BCUT2D eigenvalue weighted by Gasteiger charge is -2.37. The Balaban J connectivity index is 1.32. The summed E-state index contributed by atoms with van der Waals surface area (Å²) in [6, 6.07) is 13.5. The lowest BCUT2D eigenvalue weighted by Crippen LogP contribution is -2.43. The topological polar surface area (TPSA) is 61.9 Å². The molecule has 2 aromatic carbocycles. The number of amides is 2. The highest BCUT2D eigenvalue weighted by molar-refractivity contribution is 5.97. The summed E-state index contributed by atoms with van der Waals surface area (Å²) in [6.45, 7) is 2.12. The summed E-state index contributed by atoms with van der Waals surface area (Å²) in [6.07, 6.45) is 2.64. The zero-order chi connectivity index (χ0) is 22.7. The van der Waals surface area contributed by atoms with E-state index in [-0.39, 0.29) is 23.5 Å². The highest BCUT2D eigenvalue weighted by Gasteiger charge is 2.39. The van der Waals surface area contributed by atoms with Gasteiger partial charge in [0.15, 0.2) is 0 Å². The predicted molar refractivity (Wildman–Crippen MR) is 121 cm³/mol. The normalized spacial score (nSPS) is 22.0. The van der Waals surface area contributed by atoms with Gasteiger partial charge in [-0.05, 0) is 68.6 Å². The summed E-state index contributed by atoms with van der Waals surface area (Å²) >= 11 is 0. The van der Waals surface area contributed by atoms with Gasteiger partial charge in [0.1, 0.15) is 11.6 Å². The van der Waals surface area contributed by atoms with E-state index in [4.69, 9.17) is 4.74 Å². The van der Waals surface area contributed by atoms with Gasteiger partial charge in [-0.1, -0.05) is 12.1 Å². The molecule has 2 atom stereocenters. The molecule has 6 nitrogen and oxygen atoms in total. The monoisotopic (exact) mass is 439 g/mol. The summed E-state index contributed by atoms with van der Waals surface area (Å²) in [5.74, 6) is 0.630. The fraction of sp³-hybridized carbons (Fsp3) is 0.440. The number of piperidine rings is 1. The summed E-state index contributed by atoms with van der Waals surface area (Å²) in [5.41, 5.74) is 1.22. The number of carbonyl (C=O) groups is 2. The van der Waals surface area contributed by atoms with Crippen LogP contribution in [-0.2, 0) is 4.79 Å². The van der Waals surface area contributed by atoms with E-state index in [1.54, 1.807) is 19.2 Å². The Labute approximate surface area is 188 Å². The molecule has 2 aliphatic heterocycles. The maximum absolute atomic E-state index is 13.1. The average molecular weight is 440 g/mol. The minimum absolute atomic E-state index is 0.0113. The lowest BCUT2D eigenvalue weighted by molar-refractivity contribution is -0.119. The van der Waals surface area contributed by atoms with E-state index in [1.165, 1.54) is 12.1 Å². The van der Waals surface area contributed by atoms with Crippen molar-refractivity contribution < 1.29 is 18.7 Å². The van der Waals surface area contributed by atoms with Crippen LogP contribution in [0.15, 0.2) is 48.5 Å². The van der Waals surface area contributed by atoms with Gasteiger partial charge in [0.2, 0.25) is 5.91 Å². The molecule has 2 aliphatic rings. The minimum atomic E-state index is -0.320. The smallest absolute Gasteiger partial charge is 0.257 e. The van der Waals surface area contributed by atoms with Gasteiger partial charge in [-0.25, -0.2) is 4.39 Å². The molecule has 2 unspecified atom stereocenters. The van der Waals surface area contributed by atoms with Crippen LogP contribution in [0.3, 0.4) is 0 Å². The average Bonchev–Trinajstić information content (AvgIpc) is 3.22. The Morgan fingerprint density at radius 1 is 1.06 bits per heavy atom. The Bertz CT molecular complexity index is 957. The number of para-hydroxylation sites is 1. The third-order valence-corrected chi connectivity index (χ3v) is 6.79.